The highest BCUT2D eigenvalue weighted by molar-refractivity contribution is 6.32. The minimum atomic E-state index is 0.432. The highest BCUT2D eigenvalue weighted by Gasteiger charge is 2.04. The van der Waals surface area contributed by atoms with Gasteiger partial charge in [0, 0.05) is 17.3 Å². The van der Waals surface area contributed by atoms with Crippen LogP contribution < -0.4 is 10.1 Å². The van der Waals surface area contributed by atoms with Crippen molar-refractivity contribution in [2.24, 2.45) is 0 Å². The van der Waals surface area contributed by atoms with Gasteiger partial charge in [-0.05, 0) is 47.5 Å². The molecule has 0 fully saturated rings. The Morgan fingerprint density at radius 2 is 1.62 bits per heavy atom. The summed E-state index contributed by atoms with van der Waals surface area (Å²) in [5, 5.41) is 4.66. The lowest BCUT2D eigenvalue weighted by Crippen LogP contribution is -2.00. The lowest BCUT2D eigenvalue weighted by molar-refractivity contribution is 0.306. The number of anilines is 1. The molecule has 3 aromatic rings. The monoisotopic (exact) mass is 357 g/mol. The molecule has 3 rings (SSSR count). The van der Waals surface area contributed by atoms with Crippen LogP contribution in [-0.2, 0) is 13.2 Å². The second-order valence-corrected chi connectivity index (χ2v) is 6.25. The fraction of sp³-hybridized carbons (Fsp3) is 0.100. The summed E-state index contributed by atoms with van der Waals surface area (Å²) >= 11 is 12.3. The fourth-order valence-electron chi connectivity index (χ4n) is 2.32. The van der Waals surface area contributed by atoms with E-state index in [-0.39, 0.29) is 0 Å². The zero-order valence-corrected chi connectivity index (χ0v) is 14.5. The predicted octanol–water partition coefficient (Wildman–Crippen LogP) is 6.18. The van der Waals surface area contributed by atoms with Crippen LogP contribution in [0.1, 0.15) is 11.1 Å². The maximum absolute atomic E-state index is 6.33. The average molecular weight is 358 g/mol. The van der Waals surface area contributed by atoms with E-state index in [0.717, 1.165) is 16.8 Å². The van der Waals surface area contributed by atoms with Crippen LogP contribution in [0.2, 0.25) is 10.0 Å². The van der Waals surface area contributed by atoms with Crippen LogP contribution in [-0.4, -0.2) is 0 Å². The molecule has 1 N–H and O–H groups in total. The lowest BCUT2D eigenvalue weighted by Gasteiger charge is -2.11. The van der Waals surface area contributed by atoms with Gasteiger partial charge in [-0.3, -0.25) is 0 Å². The minimum absolute atomic E-state index is 0.432. The Kier molecular flexibility index (Phi) is 5.63. The second-order valence-electron chi connectivity index (χ2n) is 5.40. The highest BCUT2D eigenvalue weighted by atomic mass is 35.5. The number of para-hydroxylation sites is 1. The molecular formula is C20H17Cl2NO. The number of halogens is 2. The maximum atomic E-state index is 6.33. The Morgan fingerprint density at radius 1 is 0.792 bits per heavy atom. The van der Waals surface area contributed by atoms with Crippen molar-refractivity contribution in [2.75, 3.05) is 5.32 Å². The normalized spacial score (nSPS) is 10.4. The number of hydrogen-bond acceptors (Lipinski definition) is 2. The van der Waals surface area contributed by atoms with Gasteiger partial charge in [0.15, 0.2) is 0 Å². The van der Waals surface area contributed by atoms with Crippen molar-refractivity contribution in [1.82, 2.24) is 0 Å². The first-order chi connectivity index (χ1) is 11.7. The van der Waals surface area contributed by atoms with Crippen LogP contribution in [0.15, 0.2) is 72.8 Å². The van der Waals surface area contributed by atoms with E-state index < -0.39 is 0 Å². The zero-order valence-electron chi connectivity index (χ0n) is 13.0. The summed E-state index contributed by atoms with van der Waals surface area (Å²) in [6.07, 6.45) is 0. The molecule has 4 heteroatoms. The molecule has 0 aromatic heterocycles. The van der Waals surface area contributed by atoms with E-state index in [4.69, 9.17) is 27.9 Å². The molecule has 0 aliphatic carbocycles. The van der Waals surface area contributed by atoms with E-state index in [1.165, 1.54) is 0 Å². The summed E-state index contributed by atoms with van der Waals surface area (Å²) in [4.78, 5) is 0. The van der Waals surface area contributed by atoms with E-state index in [2.05, 4.69) is 5.32 Å². The van der Waals surface area contributed by atoms with Crippen LogP contribution in [0.25, 0.3) is 0 Å². The number of benzene rings is 3. The lowest BCUT2D eigenvalue weighted by atomic mass is 10.2. The molecular weight excluding hydrogens is 341 g/mol. The van der Waals surface area contributed by atoms with Crippen molar-refractivity contribution < 1.29 is 4.74 Å². The Balaban J connectivity index is 1.60. The van der Waals surface area contributed by atoms with Gasteiger partial charge in [-0.25, -0.2) is 0 Å². The second kappa shape index (κ2) is 8.09. The van der Waals surface area contributed by atoms with E-state index >= 15 is 0 Å². The summed E-state index contributed by atoms with van der Waals surface area (Å²) in [7, 11) is 0. The van der Waals surface area contributed by atoms with Crippen LogP contribution in [0.5, 0.6) is 5.75 Å². The summed E-state index contributed by atoms with van der Waals surface area (Å²) < 4.78 is 5.78. The summed E-state index contributed by atoms with van der Waals surface area (Å²) in [5.41, 5.74) is 3.18. The summed E-state index contributed by atoms with van der Waals surface area (Å²) in [5.74, 6) is 0.667. The molecule has 0 aliphatic heterocycles. The number of rotatable bonds is 6. The van der Waals surface area contributed by atoms with E-state index in [1.807, 2.05) is 72.8 Å². The smallest absolute Gasteiger partial charge is 0.138 e. The largest absolute Gasteiger partial charge is 0.487 e. The van der Waals surface area contributed by atoms with Crippen molar-refractivity contribution in [3.8, 4) is 5.75 Å². The zero-order chi connectivity index (χ0) is 16.8. The molecule has 24 heavy (non-hydrogen) atoms. The predicted molar refractivity (Wildman–Crippen MR) is 101 cm³/mol. The quantitative estimate of drug-likeness (QED) is 0.568. The van der Waals surface area contributed by atoms with Gasteiger partial charge in [0.05, 0.1) is 5.02 Å². The van der Waals surface area contributed by atoms with Crippen molar-refractivity contribution in [2.45, 2.75) is 13.2 Å². The Bertz CT molecular complexity index is 806. The van der Waals surface area contributed by atoms with Crippen LogP contribution >= 0.6 is 23.2 Å². The van der Waals surface area contributed by atoms with Gasteiger partial charge in [-0.1, -0.05) is 59.6 Å². The fourth-order valence-corrected chi connectivity index (χ4v) is 2.79. The van der Waals surface area contributed by atoms with Gasteiger partial charge in [-0.2, -0.15) is 0 Å². The third-order valence-electron chi connectivity index (χ3n) is 3.55. The SMILES string of the molecule is Clc1cccc(COc2ccc(CNc3ccccc3)cc2Cl)c1. The molecule has 0 aliphatic rings. The van der Waals surface area contributed by atoms with E-state index in [0.29, 0.717) is 28.9 Å². The van der Waals surface area contributed by atoms with Crippen molar-refractivity contribution in [3.05, 3.63) is 94.0 Å². The standard InChI is InChI=1S/C20H17Cl2NO/c21-17-6-4-5-16(11-17)14-24-20-10-9-15(12-19(20)22)13-23-18-7-2-1-3-8-18/h1-12,23H,13-14H2. The topological polar surface area (TPSA) is 21.3 Å². The molecule has 0 spiro atoms. The molecule has 0 heterocycles. The Morgan fingerprint density at radius 3 is 2.38 bits per heavy atom. The molecule has 2 nitrogen and oxygen atoms in total. The molecule has 0 unspecified atom stereocenters. The summed E-state index contributed by atoms with van der Waals surface area (Å²) in [6.45, 7) is 1.14. The van der Waals surface area contributed by atoms with Crippen LogP contribution in [0, 0.1) is 0 Å². The molecule has 0 bridgehead atoms. The number of ether oxygens (including phenoxy) is 1. The summed E-state index contributed by atoms with van der Waals surface area (Å²) in [6, 6.07) is 23.5. The highest BCUT2D eigenvalue weighted by Crippen LogP contribution is 2.27. The Labute approximate surface area is 152 Å². The average Bonchev–Trinajstić information content (AvgIpc) is 2.60. The first kappa shape index (κ1) is 16.7. The van der Waals surface area contributed by atoms with Crippen LogP contribution in [0.3, 0.4) is 0 Å². The Hall–Kier alpha value is -2.16. The van der Waals surface area contributed by atoms with Crippen molar-refractivity contribution >= 4 is 28.9 Å². The van der Waals surface area contributed by atoms with Gasteiger partial charge in [0.25, 0.3) is 0 Å². The molecule has 0 saturated heterocycles. The molecule has 122 valence electrons. The van der Waals surface area contributed by atoms with Gasteiger partial charge in [0.1, 0.15) is 12.4 Å². The first-order valence-electron chi connectivity index (χ1n) is 7.65. The van der Waals surface area contributed by atoms with Crippen molar-refractivity contribution in [3.63, 3.8) is 0 Å². The van der Waals surface area contributed by atoms with Gasteiger partial charge >= 0.3 is 0 Å². The molecule has 0 saturated carbocycles. The van der Waals surface area contributed by atoms with Gasteiger partial charge in [0.2, 0.25) is 0 Å². The molecule has 3 aromatic carbocycles. The molecule has 0 amide bonds. The number of nitrogens with one attached hydrogen (secondary N) is 1. The molecule has 0 atom stereocenters. The number of hydrogen-bond donors (Lipinski definition) is 1. The van der Waals surface area contributed by atoms with E-state index in [9.17, 15) is 0 Å². The third kappa shape index (κ3) is 4.67. The van der Waals surface area contributed by atoms with Gasteiger partial charge < -0.3 is 10.1 Å². The third-order valence-corrected chi connectivity index (χ3v) is 4.08. The maximum Gasteiger partial charge on any atom is 0.138 e. The minimum Gasteiger partial charge on any atom is -0.487 e. The van der Waals surface area contributed by atoms with Gasteiger partial charge in [-0.15, -0.1) is 0 Å². The first-order valence-corrected chi connectivity index (χ1v) is 8.41. The van der Waals surface area contributed by atoms with E-state index in [1.54, 1.807) is 0 Å². The van der Waals surface area contributed by atoms with Crippen LogP contribution in [0.4, 0.5) is 5.69 Å². The van der Waals surface area contributed by atoms with Crippen molar-refractivity contribution in [1.29, 1.82) is 0 Å². The molecule has 0 radical (unpaired) electrons.